The molecule has 0 aromatic heterocycles. The smallest absolute Gasteiger partial charge is 0.366 e. The van der Waals surface area contributed by atoms with Crippen LogP contribution >= 0.6 is 7.60 Å². The molecule has 0 heterocycles. The summed E-state index contributed by atoms with van der Waals surface area (Å²) < 4.78 is 12.8. The molecule has 3 N–H and O–H groups in total. The molecule has 4 nitrogen and oxygen atoms in total. The summed E-state index contributed by atoms with van der Waals surface area (Å²) in [4.78, 5) is 20.8. The summed E-state index contributed by atoms with van der Waals surface area (Å²) in [6, 6.07) is 21.8. The van der Waals surface area contributed by atoms with Crippen LogP contribution in [0.5, 0.6) is 0 Å². The average molecular weight is 453 g/mol. The molecule has 0 spiro atoms. The molecule has 170 valence electrons. The van der Waals surface area contributed by atoms with Crippen LogP contribution in [0.4, 0.5) is 0 Å². The predicted molar refractivity (Wildman–Crippen MR) is 131 cm³/mol. The Bertz CT molecular complexity index is 1100. The van der Waals surface area contributed by atoms with Crippen molar-refractivity contribution < 1.29 is 19.5 Å². The summed E-state index contributed by atoms with van der Waals surface area (Å²) in [5.41, 5.74) is 3.61. The third-order valence-corrected chi connectivity index (χ3v) is 7.18. The maximum atomic E-state index is 12.8. The third kappa shape index (κ3) is 4.46. The van der Waals surface area contributed by atoms with Gasteiger partial charge in [0.1, 0.15) is 0 Å². The summed E-state index contributed by atoms with van der Waals surface area (Å²) >= 11 is 0. The van der Waals surface area contributed by atoms with E-state index in [0.717, 1.165) is 22.3 Å². The molecule has 1 atom stereocenters. The Labute approximate surface area is 191 Å². The van der Waals surface area contributed by atoms with Crippen molar-refractivity contribution in [1.29, 1.82) is 0 Å². The third-order valence-electron chi connectivity index (χ3n) is 5.82. The van der Waals surface area contributed by atoms with Gasteiger partial charge < -0.3 is 14.9 Å². The molecule has 0 bridgehead atoms. The van der Waals surface area contributed by atoms with Crippen LogP contribution in [0.2, 0.25) is 0 Å². The zero-order valence-electron chi connectivity index (χ0n) is 19.6. The highest BCUT2D eigenvalue weighted by Crippen LogP contribution is 2.60. The van der Waals surface area contributed by atoms with Gasteiger partial charge in [-0.25, -0.2) is 0 Å². The van der Waals surface area contributed by atoms with Gasteiger partial charge in [0.2, 0.25) is 5.34 Å². The molecule has 1 unspecified atom stereocenters. The number of rotatable bonds is 4. The van der Waals surface area contributed by atoms with Gasteiger partial charge >= 0.3 is 7.60 Å². The molecule has 0 saturated carbocycles. The number of hydrogen-bond acceptors (Lipinski definition) is 2. The lowest BCUT2D eigenvalue weighted by atomic mass is 9.72. The van der Waals surface area contributed by atoms with Gasteiger partial charge in [-0.15, -0.1) is 0 Å². The summed E-state index contributed by atoms with van der Waals surface area (Å²) in [5.74, 6) is 0. The van der Waals surface area contributed by atoms with Crippen LogP contribution in [0.1, 0.15) is 63.8 Å². The second kappa shape index (κ2) is 8.28. The van der Waals surface area contributed by atoms with Crippen LogP contribution < -0.4 is 0 Å². The molecular weight excluding hydrogens is 419 g/mol. The first-order chi connectivity index (χ1) is 14.7. The number of hydrogen-bond donors (Lipinski definition) is 3. The van der Waals surface area contributed by atoms with E-state index in [9.17, 15) is 19.5 Å². The highest BCUT2D eigenvalue weighted by atomic mass is 31.2. The van der Waals surface area contributed by atoms with Crippen molar-refractivity contribution in [3.8, 4) is 11.1 Å². The standard InChI is InChI=1S/C27H33O4P/c1-25(2,3)22-17-21(27(28,32(29,30)31)20-15-11-8-12-16-20)18-23(26(4,5)6)24(22)19-13-9-7-10-14-19/h7-18,28H,1-6H3,(H2,29,30,31). The Hall–Kier alpha value is -2.23. The van der Waals surface area contributed by atoms with E-state index in [0.29, 0.717) is 0 Å². The Balaban J connectivity index is 2.50. The van der Waals surface area contributed by atoms with Crippen molar-refractivity contribution in [3.63, 3.8) is 0 Å². The maximum Gasteiger partial charge on any atom is 0.366 e. The van der Waals surface area contributed by atoms with Gasteiger partial charge in [-0.2, -0.15) is 0 Å². The summed E-state index contributed by atoms with van der Waals surface area (Å²) in [7, 11) is -5.01. The molecule has 5 heteroatoms. The summed E-state index contributed by atoms with van der Waals surface area (Å²) in [6.07, 6.45) is 0. The lowest BCUT2D eigenvalue weighted by Crippen LogP contribution is -2.30. The first-order valence-corrected chi connectivity index (χ1v) is 12.4. The molecule has 0 saturated heterocycles. The molecule has 0 aliphatic heterocycles. The van der Waals surface area contributed by atoms with Crippen LogP contribution in [-0.2, 0) is 20.7 Å². The van der Waals surface area contributed by atoms with E-state index >= 15 is 0 Å². The van der Waals surface area contributed by atoms with E-state index in [2.05, 4.69) is 41.5 Å². The minimum absolute atomic E-state index is 0.167. The van der Waals surface area contributed by atoms with Gasteiger partial charge in [-0.05, 0) is 33.1 Å². The van der Waals surface area contributed by atoms with E-state index < -0.39 is 12.9 Å². The number of aliphatic hydroxyl groups is 1. The molecule has 0 radical (unpaired) electrons. The fourth-order valence-electron chi connectivity index (χ4n) is 4.12. The van der Waals surface area contributed by atoms with Crippen LogP contribution in [-0.4, -0.2) is 14.9 Å². The largest absolute Gasteiger partial charge is 0.370 e. The fourth-order valence-corrected chi connectivity index (χ4v) is 5.07. The van der Waals surface area contributed by atoms with Crippen molar-refractivity contribution in [2.24, 2.45) is 0 Å². The van der Waals surface area contributed by atoms with Gasteiger partial charge in [0.25, 0.3) is 0 Å². The topological polar surface area (TPSA) is 77.8 Å². The van der Waals surface area contributed by atoms with Crippen molar-refractivity contribution in [2.75, 3.05) is 0 Å². The highest BCUT2D eigenvalue weighted by Gasteiger charge is 2.49. The second-order valence-electron chi connectivity index (χ2n) is 10.4. The molecule has 0 aliphatic carbocycles. The average Bonchev–Trinajstić information content (AvgIpc) is 2.71. The van der Waals surface area contributed by atoms with Crippen molar-refractivity contribution in [2.45, 2.75) is 57.7 Å². The van der Waals surface area contributed by atoms with Gasteiger partial charge in [-0.3, -0.25) is 4.57 Å². The number of benzene rings is 3. The van der Waals surface area contributed by atoms with Gasteiger partial charge in [0.05, 0.1) is 0 Å². The Morgan fingerprint density at radius 2 is 1.06 bits per heavy atom. The SMILES string of the molecule is CC(C)(C)c1cc(C(O)(c2ccccc2)P(=O)(O)O)cc(C(C)(C)C)c1-c1ccccc1. The zero-order chi connectivity index (χ0) is 23.9. The zero-order valence-corrected chi connectivity index (χ0v) is 20.5. The molecule has 3 aromatic carbocycles. The lowest BCUT2D eigenvalue weighted by molar-refractivity contribution is 0.128. The minimum Gasteiger partial charge on any atom is -0.370 e. The normalized spacial score (nSPS) is 14.8. The monoisotopic (exact) mass is 452 g/mol. The Morgan fingerprint density at radius 3 is 1.44 bits per heavy atom. The van der Waals surface area contributed by atoms with Gasteiger partial charge in [0, 0.05) is 11.1 Å². The molecule has 3 rings (SSSR count). The molecule has 0 aliphatic rings. The van der Waals surface area contributed by atoms with Gasteiger partial charge in [-0.1, -0.05) is 114 Å². The van der Waals surface area contributed by atoms with Crippen LogP contribution in [0.15, 0.2) is 72.8 Å². The first-order valence-electron chi connectivity index (χ1n) is 10.8. The molecule has 32 heavy (non-hydrogen) atoms. The quantitative estimate of drug-likeness (QED) is 0.405. The molecule has 0 amide bonds. The van der Waals surface area contributed by atoms with E-state index in [1.165, 1.54) is 0 Å². The Kier molecular flexibility index (Phi) is 6.32. The molecule has 3 aromatic rings. The summed E-state index contributed by atoms with van der Waals surface area (Å²) in [5, 5.41) is 9.21. The first kappa shape index (κ1) is 24.4. The van der Waals surface area contributed by atoms with E-state index in [4.69, 9.17) is 0 Å². The summed E-state index contributed by atoms with van der Waals surface area (Å²) in [6.45, 7) is 12.4. The van der Waals surface area contributed by atoms with Crippen LogP contribution in [0.25, 0.3) is 11.1 Å². The van der Waals surface area contributed by atoms with E-state index in [1.807, 2.05) is 30.3 Å². The Morgan fingerprint density at radius 1 is 0.656 bits per heavy atom. The van der Waals surface area contributed by atoms with Crippen LogP contribution in [0, 0.1) is 0 Å². The van der Waals surface area contributed by atoms with Crippen molar-refractivity contribution in [3.05, 3.63) is 95.1 Å². The second-order valence-corrected chi connectivity index (χ2v) is 12.1. The fraction of sp³-hybridized carbons (Fsp3) is 0.333. The lowest BCUT2D eigenvalue weighted by Gasteiger charge is -2.36. The highest BCUT2D eigenvalue weighted by molar-refractivity contribution is 7.53. The van der Waals surface area contributed by atoms with E-state index in [-0.39, 0.29) is 22.0 Å². The minimum atomic E-state index is -5.01. The van der Waals surface area contributed by atoms with Crippen LogP contribution in [0.3, 0.4) is 0 Å². The van der Waals surface area contributed by atoms with Gasteiger partial charge in [0.15, 0.2) is 0 Å². The van der Waals surface area contributed by atoms with E-state index in [1.54, 1.807) is 42.5 Å². The van der Waals surface area contributed by atoms with Crippen molar-refractivity contribution >= 4 is 7.60 Å². The molecular formula is C27H33O4P. The van der Waals surface area contributed by atoms with Crippen molar-refractivity contribution in [1.82, 2.24) is 0 Å². The maximum absolute atomic E-state index is 12.8. The predicted octanol–water partition coefficient (Wildman–Crippen LogP) is 6.32. The molecule has 0 fully saturated rings.